The molecule has 0 radical (unpaired) electrons. The Morgan fingerprint density at radius 3 is 2.50 bits per heavy atom. The number of carbonyl (C=O) groups is 2. The molecule has 0 aromatic heterocycles. The summed E-state index contributed by atoms with van der Waals surface area (Å²) in [7, 11) is 3.23. The zero-order valence-corrected chi connectivity index (χ0v) is 18.4. The maximum atomic E-state index is 12.6. The van der Waals surface area contributed by atoms with Gasteiger partial charge in [-0.15, -0.1) is 0 Å². The number of likely N-dealkylation sites (tertiary alicyclic amines) is 1. The second-order valence-electron chi connectivity index (χ2n) is 8.08. The zero-order chi connectivity index (χ0) is 22.6. The van der Waals surface area contributed by atoms with Crippen LogP contribution in [-0.4, -0.2) is 61.9 Å². The molecule has 1 fully saturated rings. The first-order valence-corrected chi connectivity index (χ1v) is 10.7. The van der Waals surface area contributed by atoms with E-state index in [9.17, 15) is 9.59 Å². The molecule has 1 saturated heterocycles. The van der Waals surface area contributed by atoms with E-state index in [4.69, 9.17) is 14.5 Å². The van der Waals surface area contributed by atoms with Crippen molar-refractivity contribution in [1.29, 1.82) is 0 Å². The van der Waals surface area contributed by atoms with Crippen molar-refractivity contribution in [1.82, 2.24) is 15.5 Å². The summed E-state index contributed by atoms with van der Waals surface area (Å²) >= 11 is 0. The summed E-state index contributed by atoms with van der Waals surface area (Å²) in [6.07, 6.45) is 1.34. The number of nitrogens with one attached hydrogen (secondary N) is 2. The standard InChI is InChI=1S/C24H28N4O4/c1-31-19-8-6-18(7-9-19)22-23(30)27-24(26-22)10-12-28(13-11-24)16-21(29)25-15-17-4-3-5-20(14-17)32-2/h3-9,14H,10-13,15-16H2,1-2H3,(H,25,29)(H,27,30). The summed E-state index contributed by atoms with van der Waals surface area (Å²) in [6.45, 7) is 2.15. The van der Waals surface area contributed by atoms with Gasteiger partial charge >= 0.3 is 0 Å². The molecule has 2 aromatic rings. The van der Waals surface area contributed by atoms with Crippen molar-refractivity contribution in [2.45, 2.75) is 25.0 Å². The highest BCUT2D eigenvalue weighted by molar-refractivity contribution is 6.46. The van der Waals surface area contributed by atoms with Crippen molar-refractivity contribution >= 4 is 17.5 Å². The average molecular weight is 437 g/mol. The van der Waals surface area contributed by atoms with Crippen molar-refractivity contribution in [3.05, 3.63) is 59.7 Å². The van der Waals surface area contributed by atoms with Crippen molar-refractivity contribution in [3.63, 3.8) is 0 Å². The van der Waals surface area contributed by atoms with Gasteiger partial charge in [0.05, 0.1) is 20.8 Å². The van der Waals surface area contributed by atoms with Gasteiger partial charge in [0, 0.05) is 38.0 Å². The summed E-state index contributed by atoms with van der Waals surface area (Å²) in [5.74, 6) is 1.33. The molecular formula is C24H28N4O4. The molecule has 1 spiro atoms. The molecule has 0 aliphatic carbocycles. The predicted octanol–water partition coefficient (Wildman–Crippen LogP) is 1.73. The molecule has 2 aliphatic heterocycles. The summed E-state index contributed by atoms with van der Waals surface area (Å²) < 4.78 is 10.4. The summed E-state index contributed by atoms with van der Waals surface area (Å²) in [4.78, 5) is 31.8. The van der Waals surface area contributed by atoms with Crippen LogP contribution in [0.3, 0.4) is 0 Å². The quantitative estimate of drug-likeness (QED) is 0.690. The molecule has 4 rings (SSSR count). The Morgan fingerprint density at radius 1 is 1.09 bits per heavy atom. The zero-order valence-electron chi connectivity index (χ0n) is 18.4. The molecule has 0 atom stereocenters. The third-order valence-electron chi connectivity index (χ3n) is 5.92. The van der Waals surface area contributed by atoms with Gasteiger partial charge in [-0.2, -0.15) is 0 Å². The lowest BCUT2D eigenvalue weighted by atomic mass is 9.98. The molecule has 2 heterocycles. The third kappa shape index (κ3) is 4.91. The van der Waals surface area contributed by atoms with Gasteiger partial charge in [0.2, 0.25) is 5.91 Å². The highest BCUT2D eigenvalue weighted by atomic mass is 16.5. The molecule has 32 heavy (non-hydrogen) atoms. The molecule has 2 aromatic carbocycles. The molecule has 2 amide bonds. The second kappa shape index (κ2) is 9.40. The Kier molecular flexibility index (Phi) is 6.41. The summed E-state index contributed by atoms with van der Waals surface area (Å²) in [6, 6.07) is 15.0. The van der Waals surface area contributed by atoms with E-state index < -0.39 is 5.66 Å². The Morgan fingerprint density at radius 2 is 1.81 bits per heavy atom. The minimum absolute atomic E-state index is 0.0262. The van der Waals surface area contributed by atoms with Crippen LogP contribution in [0.2, 0.25) is 0 Å². The van der Waals surface area contributed by atoms with Crippen molar-refractivity contribution in [2.75, 3.05) is 33.9 Å². The van der Waals surface area contributed by atoms with Gasteiger partial charge in [-0.1, -0.05) is 12.1 Å². The van der Waals surface area contributed by atoms with Crippen LogP contribution in [0.4, 0.5) is 0 Å². The molecule has 8 heteroatoms. The van der Waals surface area contributed by atoms with Gasteiger partial charge < -0.3 is 20.1 Å². The van der Waals surface area contributed by atoms with Crippen molar-refractivity contribution in [3.8, 4) is 11.5 Å². The normalized spacial score (nSPS) is 17.6. The number of carbonyl (C=O) groups excluding carboxylic acids is 2. The van der Waals surface area contributed by atoms with Crippen LogP contribution in [0.15, 0.2) is 53.5 Å². The lowest BCUT2D eigenvalue weighted by Gasteiger charge is -2.36. The highest BCUT2D eigenvalue weighted by Crippen LogP contribution is 2.29. The number of methoxy groups -OCH3 is 2. The molecule has 2 N–H and O–H groups in total. The van der Waals surface area contributed by atoms with Gasteiger partial charge in [-0.3, -0.25) is 19.5 Å². The van der Waals surface area contributed by atoms with E-state index in [1.807, 2.05) is 48.5 Å². The number of amides is 2. The topological polar surface area (TPSA) is 92.3 Å². The van der Waals surface area contributed by atoms with E-state index in [-0.39, 0.29) is 11.8 Å². The number of ether oxygens (including phenoxy) is 2. The first-order valence-electron chi connectivity index (χ1n) is 10.7. The fourth-order valence-electron chi connectivity index (χ4n) is 4.07. The highest BCUT2D eigenvalue weighted by Gasteiger charge is 2.42. The van der Waals surface area contributed by atoms with Crippen LogP contribution in [0.25, 0.3) is 0 Å². The van der Waals surface area contributed by atoms with E-state index in [0.717, 1.165) is 22.6 Å². The van der Waals surface area contributed by atoms with Gasteiger partial charge in [-0.05, 0) is 42.0 Å². The van der Waals surface area contributed by atoms with E-state index in [0.29, 0.717) is 44.7 Å². The maximum absolute atomic E-state index is 12.6. The number of hydrogen-bond acceptors (Lipinski definition) is 6. The van der Waals surface area contributed by atoms with Gasteiger partial charge in [0.1, 0.15) is 22.9 Å². The molecule has 0 bridgehead atoms. The molecule has 8 nitrogen and oxygen atoms in total. The SMILES string of the molecule is COc1ccc(C2=NC3(CCN(CC(=O)NCc4cccc(OC)c4)CC3)NC2=O)cc1. The predicted molar refractivity (Wildman–Crippen MR) is 121 cm³/mol. The lowest BCUT2D eigenvalue weighted by Crippen LogP contribution is -2.52. The fraction of sp³-hybridized carbons (Fsp3) is 0.375. The largest absolute Gasteiger partial charge is 0.497 e. The van der Waals surface area contributed by atoms with Gasteiger partial charge in [0.25, 0.3) is 5.91 Å². The summed E-state index contributed by atoms with van der Waals surface area (Å²) in [5.41, 5.74) is 1.64. The number of hydrogen-bond donors (Lipinski definition) is 2. The van der Waals surface area contributed by atoms with E-state index in [1.165, 1.54) is 0 Å². The van der Waals surface area contributed by atoms with Crippen molar-refractivity contribution < 1.29 is 19.1 Å². The lowest BCUT2D eigenvalue weighted by molar-refractivity contribution is -0.123. The van der Waals surface area contributed by atoms with Crippen LogP contribution in [0, 0.1) is 0 Å². The smallest absolute Gasteiger partial charge is 0.272 e. The average Bonchev–Trinajstić information content (AvgIpc) is 3.15. The molecule has 0 saturated carbocycles. The number of nitrogens with zero attached hydrogens (tertiary/aromatic N) is 2. The van der Waals surface area contributed by atoms with Gasteiger partial charge in [-0.25, -0.2) is 0 Å². The number of aliphatic imine (C=N–C) groups is 1. The van der Waals surface area contributed by atoms with Crippen LogP contribution < -0.4 is 20.1 Å². The second-order valence-corrected chi connectivity index (χ2v) is 8.08. The minimum atomic E-state index is -0.583. The van der Waals surface area contributed by atoms with Crippen LogP contribution in [0.5, 0.6) is 11.5 Å². The van der Waals surface area contributed by atoms with Crippen LogP contribution in [-0.2, 0) is 16.1 Å². The van der Waals surface area contributed by atoms with Crippen LogP contribution >= 0.6 is 0 Å². The Labute approximate surface area is 187 Å². The van der Waals surface area contributed by atoms with E-state index in [2.05, 4.69) is 15.5 Å². The molecule has 168 valence electrons. The molecular weight excluding hydrogens is 408 g/mol. The Bertz CT molecular complexity index is 1010. The number of rotatable bonds is 7. The number of piperidine rings is 1. The van der Waals surface area contributed by atoms with E-state index in [1.54, 1.807) is 14.2 Å². The van der Waals surface area contributed by atoms with Crippen molar-refractivity contribution in [2.24, 2.45) is 4.99 Å². The van der Waals surface area contributed by atoms with Gasteiger partial charge in [0.15, 0.2) is 0 Å². The molecule has 2 aliphatic rings. The Hall–Kier alpha value is -3.39. The number of benzene rings is 2. The molecule has 0 unspecified atom stereocenters. The maximum Gasteiger partial charge on any atom is 0.272 e. The minimum Gasteiger partial charge on any atom is -0.497 e. The Balaban J connectivity index is 1.30. The third-order valence-corrected chi connectivity index (χ3v) is 5.92. The first kappa shape index (κ1) is 21.8. The van der Waals surface area contributed by atoms with Crippen LogP contribution in [0.1, 0.15) is 24.0 Å². The summed E-state index contributed by atoms with van der Waals surface area (Å²) in [5, 5.41) is 6.02. The first-order chi connectivity index (χ1) is 15.5. The van der Waals surface area contributed by atoms with E-state index >= 15 is 0 Å². The monoisotopic (exact) mass is 436 g/mol. The fourth-order valence-corrected chi connectivity index (χ4v) is 4.07.